The average Bonchev–Trinajstić information content (AvgIpc) is 2.20. The van der Waals surface area contributed by atoms with Crippen molar-refractivity contribution in [1.29, 1.82) is 0 Å². The Kier molecular flexibility index (Phi) is 4.59. The second-order valence-electron chi connectivity index (χ2n) is 4.90. The van der Waals surface area contributed by atoms with Gasteiger partial charge in [-0.05, 0) is 39.0 Å². The lowest BCUT2D eigenvalue weighted by Crippen LogP contribution is -2.39. The van der Waals surface area contributed by atoms with Gasteiger partial charge in [-0.15, -0.1) is 0 Å². The van der Waals surface area contributed by atoms with Crippen LogP contribution >= 0.6 is 11.6 Å². The van der Waals surface area contributed by atoms with Crippen molar-refractivity contribution in [2.24, 2.45) is 0 Å². The summed E-state index contributed by atoms with van der Waals surface area (Å²) in [6, 6.07) is 5.12. The molecular formula is C13H19ClN2O2. The molecule has 1 atom stereocenters. The summed E-state index contributed by atoms with van der Waals surface area (Å²) in [5, 5.41) is 16.1. The SMILES string of the molecule is CC(=O)Nc1ccc(NC(C)C(C)(C)O)cc1Cl. The molecule has 1 rings (SSSR count). The minimum Gasteiger partial charge on any atom is -0.388 e. The molecule has 1 aromatic rings. The largest absolute Gasteiger partial charge is 0.388 e. The van der Waals surface area contributed by atoms with Crippen molar-refractivity contribution in [3.8, 4) is 0 Å². The first kappa shape index (κ1) is 14.8. The molecule has 1 unspecified atom stereocenters. The van der Waals surface area contributed by atoms with Gasteiger partial charge in [0.15, 0.2) is 0 Å². The van der Waals surface area contributed by atoms with E-state index in [9.17, 15) is 9.90 Å². The zero-order valence-corrected chi connectivity index (χ0v) is 11.8. The Labute approximate surface area is 112 Å². The molecule has 0 bridgehead atoms. The molecule has 0 saturated carbocycles. The van der Waals surface area contributed by atoms with Crippen LogP contribution in [0.4, 0.5) is 11.4 Å². The Morgan fingerprint density at radius 3 is 2.50 bits per heavy atom. The first-order valence-electron chi connectivity index (χ1n) is 5.76. The Balaban J connectivity index is 2.82. The van der Waals surface area contributed by atoms with Crippen LogP contribution in [-0.2, 0) is 4.79 Å². The molecule has 4 nitrogen and oxygen atoms in total. The fraction of sp³-hybridized carbons (Fsp3) is 0.462. The highest BCUT2D eigenvalue weighted by Gasteiger charge is 2.22. The van der Waals surface area contributed by atoms with Gasteiger partial charge < -0.3 is 15.7 Å². The van der Waals surface area contributed by atoms with E-state index in [1.807, 2.05) is 6.92 Å². The van der Waals surface area contributed by atoms with Gasteiger partial charge in [0.25, 0.3) is 0 Å². The summed E-state index contributed by atoms with van der Waals surface area (Å²) in [7, 11) is 0. The van der Waals surface area contributed by atoms with E-state index in [-0.39, 0.29) is 11.9 Å². The lowest BCUT2D eigenvalue weighted by atomic mass is 10.0. The molecule has 5 heteroatoms. The van der Waals surface area contributed by atoms with Crippen LogP contribution in [0.2, 0.25) is 5.02 Å². The van der Waals surface area contributed by atoms with Crippen molar-refractivity contribution in [2.75, 3.05) is 10.6 Å². The quantitative estimate of drug-likeness (QED) is 0.788. The minimum absolute atomic E-state index is 0.125. The number of nitrogens with one attached hydrogen (secondary N) is 2. The van der Waals surface area contributed by atoms with Gasteiger partial charge in [0.1, 0.15) is 0 Å². The first-order valence-corrected chi connectivity index (χ1v) is 6.14. The van der Waals surface area contributed by atoms with E-state index >= 15 is 0 Å². The van der Waals surface area contributed by atoms with Crippen LogP contribution in [0, 0.1) is 0 Å². The highest BCUT2D eigenvalue weighted by Crippen LogP contribution is 2.26. The maximum atomic E-state index is 10.9. The zero-order valence-electron chi connectivity index (χ0n) is 11.0. The number of benzene rings is 1. The lowest BCUT2D eigenvalue weighted by Gasteiger charge is -2.27. The monoisotopic (exact) mass is 270 g/mol. The van der Waals surface area contributed by atoms with Crippen LogP contribution in [0.5, 0.6) is 0 Å². The summed E-state index contributed by atoms with van der Waals surface area (Å²) in [4.78, 5) is 10.9. The molecule has 0 fully saturated rings. The summed E-state index contributed by atoms with van der Waals surface area (Å²) in [5.41, 5.74) is 0.539. The minimum atomic E-state index is -0.831. The van der Waals surface area contributed by atoms with Crippen molar-refractivity contribution in [2.45, 2.75) is 39.3 Å². The number of anilines is 2. The fourth-order valence-electron chi connectivity index (χ4n) is 1.32. The van der Waals surface area contributed by atoms with E-state index in [1.165, 1.54) is 6.92 Å². The number of amides is 1. The van der Waals surface area contributed by atoms with Gasteiger partial charge in [-0.3, -0.25) is 4.79 Å². The van der Waals surface area contributed by atoms with Gasteiger partial charge in [0, 0.05) is 12.6 Å². The molecule has 1 amide bonds. The highest BCUT2D eigenvalue weighted by atomic mass is 35.5. The summed E-state index contributed by atoms with van der Waals surface area (Å²) in [5.74, 6) is -0.164. The van der Waals surface area contributed by atoms with Gasteiger partial charge in [-0.25, -0.2) is 0 Å². The molecule has 0 radical (unpaired) electrons. The molecule has 1 aromatic carbocycles. The number of aliphatic hydroxyl groups is 1. The van der Waals surface area contributed by atoms with E-state index in [1.54, 1.807) is 32.0 Å². The Morgan fingerprint density at radius 1 is 1.44 bits per heavy atom. The molecule has 0 aliphatic carbocycles. The van der Waals surface area contributed by atoms with Crippen molar-refractivity contribution in [1.82, 2.24) is 0 Å². The number of hydrogen-bond donors (Lipinski definition) is 3. The normalized spacial score (nSPS) is 13.0. The topological polar surface area (TPSA) is 61.4 Å². The van der Waals surface area contributed by atoms with Crippen molar-refractivity contribution < 1.29 is 9.90 Å². The standard InChI is InChI=1S/C13H19ClN2O2/c1-8(13(3,4)18)15-10-5-6-12(11(14)7-10)16-9(2)17/h5-8,15,18H,1-4H3,(H,16,17). The number of hydrogen-bond acceptors (Lipinski definition) is 3. The maximum Gasteiger partial charge on any atom is 0.221 e. The van der Waals surface area contributed by atoms with Gasteiger partial charge in [-0.2, -0.15) is 0 Å². The van der Waals surface area contributed by atoms with Gasteiger partial charge in [-0.1, -0.05) is 11.6 Å². The third-order valence-corrected chi connectivity index (χ3v) is 3.04. The van der Waals surface area contributed by atoms with E-state index in [0.717, 1.165) is 5.69 Å². The average molecular weight is 271 g/mol. The molecule has 0 aliphatic rings. The third kappa shape index (κ3) is 4.20. The maximum absolute atomic E-state index is 10.9. The number of rotatable bonds is 4. The summed E-state index contributed by atoms with van der Waals surface area (Å²) < 4.78 is 0. The van der Waals surface area contributed by atoms with Crippen LogP contribution in [0.3, 0.4) is 0 Å². The van der Waals surface area contributed by atoms with Crippen molar-refractivity contribution in [3.05, 3.63) is 23.2 Å². The van der Waals surface area contributed by atoms with E-state index in [2.05, 4.69) is 10.6 Å². The van der Waals surface area contributed by atoms with E-state index in [0.29, 0.717) is 10.7 Å². The van der Waals surface area contributed by atoms with Gasteiger partial charge >= 0.3 is 0 Å². The second kappa shape index (κ2) is 5.59. The van der Waals surface area contributed by atoms with Crippen molar-refractivity contribution >= 4 is 28.9 Å². The van der Waals surface area contributed by atoms with Crippen LogP contribution < -0.4 is 10.6 Å². The molecule has 3 N–H and O–H groups in total. The second-order valence-corrected chi connectivity index (χ2v) is 5.30. The number of halogens is 1. The smallest absolute Gasteiger partial charge is 0.221 e. The Hall–Kier alpha value is -1.26. The van der Waals surface area contributed by atoms with Crippen LogP contribution in [0.1, 0.15) is 27.7 Å². The lowest BCUT2D eigenvalue weighted by molar-refractivity contribution is -0.114. The van der Waals surface area contributed by atoms with E-state index in [4.69, 9.17) is 11.6 Å². The molecule has 0 aliphatic heterocycles. The number of carbonyl (C=O) groups excluding carboxylic acids is 1. The Morgan fingerprint density at radius 2 is 2.06 bits per heavy atom. The zero-order chi connectivity index (χ0) is 13.9. The molecule has 0 saturated heterocycles. The van der Waals surface area contributed by atoms with E-state index < -0.39 is 5.60 Å². The molecule has 100 valence electrons. The molecule has 0 spiro atoms. The predicted molar refractivity (Wildman–Crippen MR) is 75.1 cm³/mol. The van der Waals surface area contributed by atoms with Gasteiger partial charge in [0.2, 0.25) is 5.91 Å². The predicted octanol–water partition coefficient (Wildman–Crippen LogP) is 2.87. The molecule has 18 heavy (non-hydrogen) atoms. The molecule has 0 heterocycles. The van der Waals surface area contributed by atoms with Gasteiger partial charge in [0.05, 0.1) is 22.4 Å². The molecular weight excluding hydrogens is 252 g/mol. The fourth-order valence-corrected chi connectivity index (χ4v) is 1.55. The van der Waals surface area contributed by atoms with Crippen molar-refractivity contribution in [3.63, 3.8) is 0 Å². The highest BCUT2D eigenvalue weighted by molar-refractivity contribution is 6.34. The first-order chi connectivity index (χ1) is 8.20. The summed E-state index contributed by atoms with van der Waals surface area (Å²) >= 11 is 6.05. The third-order valence-electron chi connectivity index (χ3n) is 2.72. The summed E-state index contributed by atoms with van der Waals surface area (Å²) in [6.07, 6.45) is 0. The van der Waals surface area contributed by atoms with Crippen LogP contribution in [0.15, 0.2) is 18.2 Å². The van der Waals surface area contributed by atoms with Crippen LogP contribution in [0.25, 0.3) is 0 Å². The number of carbonyl (C=O) groups is 1. The Bertz CT molecular complexity index is 441. The summed E-state index contributed by atoms with van der Waals surface area (Å²) in [6.45, 7) is 6.78. The molecule has 0 aromatic heterocycles. The van der Waals surface area contributed by atoms with Crippen LogP contribution in [-0.4, -0.2) is 22.7 Å².